The largest absolute Gasteiger partial charge is 0.338 e. The lowest BCUT2D eigenvalue weighted by Gasteiger charge is -2.16. The monoisotopic (exact) mass is 316 g/mol. The molecule has 114 valence electrons. The Labute approximate surface area is 132 Å². The van der Waals surface area contributed by atoms with Crippen molar-refractivity contribution in [2.45, 2.75) is 19.9 Å². The molecule has 2 aromatic rings. The van der Waals surface area contributed by atoms with Gasteiger partial charge in [-0.1, -0.05) is 41.7 Å². The molecule has 1 aliphatic rings. The second-order valence-corrected chi connectivity index (χ2v) is 6.46. The van der Waals surface area contributed by atoms with Crippen molar-refractivity contribution in [1.82, 2.24) is 15.1 Å². The van der Waals surface area contributed by atoms with Gasteiger partial charge in [-0.05, 0) is 12.5 Å². The molecule has 0 radical (unpaired) electrons. The van der Waals surface area contributed by atoms with E-state index in [-0.39, 0.29) is 24.2 Å². The minimum Gasteiger partial charge on any atom is -0.338 e. The Morgan fingerprint density at radius 3 is 2.82 bits per heavy atom. The molecule has 2 heterocycles. The molecule has 2 amide bonds. The van der Waals surface area contributed by atoms with Gasteiger partial charge in [0.1, 0.15) is 5.01 Å². The number of rotatable bonds is 4. The van der Waals surface area contributed by atoms with E-state index in [4.69, 9.17) is 0 Å². The van der Waals surface area contributed by atoms with Crippen LogP contribution in [-0.2, 0) is 16.1 Å². The molecule has 7 heteroatoms. The molecule has 1 aliphatic heterocycles. The molecule has 3 rings (SSSR count). The average molecular weight is 316 g/mol. The van der Waals surface area contributed by atoms with Crippen molar-refractivity contribution in [3.8, 4) is 0 Å². The Bertz CT molecular complexity index is 686. The van der Waals surface area contributed by atoms with Gasteiger partial charge in [-0.15, -0.1) is 10.2 Å². The van der Waals surface area contributed by atoms with Gasteiger partial charge < -0.3 is 10.2 Å². The summed E-state index contributed by atoms with van der Waals surface area (Å²) in [5.74, 6) is -0.488. The molecule has 0 saturated carbocycles. The van der Waals surface area contributed by atoms with E-state index in [0.717, 1.165) is 10.6 Å². The second-order valence-electron chi connectivity index (χ2n) is 5.28. The summed E-state index contributed by atoms with van der Waals surface area (Å²) < 4.78 is 0. The number of carbonyl (C=O) groups is 2. The molecule has 22 heavy (non-hydrogen) atoms. The Morgan fingerprint density at radius 1 is 1.36 bits per heavy atom. The number of anilines is 1. The van der Waals surface area contributed by atoms with Crippen molar-refractivity contribution in [3.05, 3.63) is 40.9 Å². The number of benzene rings is 1. The number of nitrogens with one attached hydrogen (secondary N) is 1. The molecule has 6 nitrogen and oxygen atoms in total. The number of nitrogens with zero attached hydrogens (tertiary/aromatic N) is 3. The van der Waals surface area contributed by atoms with Crippen molar-refractivity contribution < 1.29 is 9.59 Å². The molecule has 1 saturated heterocycles. The maximum Gasteiger partial charge on any atom is 0.231 e. The summed E-state index contributed by atoms with van der Waals surface area (Å²) >= 11 is 1.33. The number of amides is 2. The van der Waals surface area contributed by atoms with Gasteiger partial charge in [-0.25, -0.2) is 0 Å². The highest BCUT2D eigenvalue weighted by molar-refractivity contribution is 7.15. The molecule has 0 spiro atoms. The second kappa shape index (κ2) is 6.23. The Kier molecular flexibility index (Phi) is 4.15. The van der Waals surface area contributed by atoms with E-state index >= 15 is 0 Å². The summed E-state index contributed by atoms with van der Waals surface area (Å²) in [6.45, 7) is 2.81. The van der Waals surface area contributed by atoms with Crippen LogP contribution in [-0.4, -0.2) is 33.5 Å². The number of hydrogen-bond acceptors (Lipinski definition) is 5. The number of aryl methyl sites for hydroxylation is 1. The Morgan fingerprint density at radius 2 is 2.14 bits per heavy atom. The van der Waals surface area contributed by atoms with Crippen LogP contribution >= 0.6 is 11.3 Å². The van der Waals surface area contributed by atoms with Gasteiger partial charge in [0.05, 0.1) is 5.92 Å². The zero-order chi connectivity index (χ0) is 15.5. The van der Waals surface area contributed by atoms with E-state index in [0.29, 0.717) is 18.2 Å². The fourth-order valence-electron chi connectivity index (χ4n) is 2.46. The summed E-state index contributed by atoms with van der Waals surface area (Å²) in [7, 11) is 0. The molecule has 1 atom stereocenters. The van der Waals surface area contributed by atoms with E-state index in [1.807, 2.05) is 37.3 Å². The van der Waals surface area contributed by atoms with Crippen LogP contribution in [0.3, 0.4) is 0 Å². The Balaban J connectivity index is 1.60. The lowest BCUT2D eigenvalue weighted by molar-refractivity contribution is -0.128. The van der Waals surface area contributed by atoms with Gasteiger partial charge in [0, 0.05) is 19.5 Å². The van der Waals surface area contributed by atoms with Crippen LogP contribution in [0.4, 0.5) is 5.13 Å². The van der Waals surface area contributed by atoms with Crippen LogP contribution in [0.25, 0.3) is 0 Å². The SMILES string of the molecule is Cc1nnc(NC(=O)C2CC(=O)N(Cc3ccccc3)C2)s1. The summed E-state index contributed by atoms with van der Waals surface area (Å²) in [6.07, 6.45) is 0.246. The maximum atomic E-state index is 12.2. The van der Waals surface area contributed by atoms with Crippen molar-refractivity contribution >= 4 is 28.3 Å². The molecule has 0 bridgehead atoms. The quantitative estimate of drug-likeness (QED) is 0.934. The molecule has 1 fully saturated rings. The first-order valence-corrected chi connectivity index (χ1v) is 7.86. The zero-order valence-electron chi connectivity index (χ0n) is 12.2. The summed E-state index contributed by atoms with van der Waals surface area (Å²) in [6, 6.07) is 9.78. The summed E-state index contributed by atoms with van der Waals surface area (Å²) in [5.41, 5.74) is 1.07. The van der Waals surface area contributed by atoms with Crippen LogP contribution in [0.15, 0.2) is 30.3 Å². The van der Waals surface area contributed by atoms with Crippen LogP contribution in [0, 0.1) is 12.8 Å². The topological polar surface area (TPSA) is 75.2 Å². The van der Waals surface area contributed by atoms with Crippen LogP contribution < -0.4 is 5.32 Å². The van der Waals surface area contributed by atoms with Gasteiger partial charge >= 0.3 is 0 Å². The normalized spacial score (nSPS) is 17.8. The van der Waals surface area contributed by atoms with E-state index in [1.165, 1.54) is 11.3 Å². The molecule has 1 aromatic carbocycles. The third kappa shape index (κ3) is 3.30. The summed E-state index contributed by atoms with van der Waals surface area (Å²) in [4.78, 5) is 26.0. The van der Waals surface area contributed by atoms with E-state index < -0.39 is 0 Å². The van der Waals surface area contributed by atoms with Crippen LogP contribution in [0.5, 0.6) is 0 Å². The fraction of sp³-hybridized carbons (Fsp3) is 0.333. The van der Waals surface area contributed by atoms with Gasteiger partial charge in [-0.2, -0.15) is 0 Å². The first-order chi connectivity index (χ1) is 10.6. The first kappa shape index (κ1) is 14.6. The number of hydrogen-bond donors (Lipinski definition) is 1. The first-order valence-electron chi connectivity index (χ1n) is 7.04. The van der Waals surface area contributed by atoms with Crippen LogP contribution in [0.1, 0.15) is 17.0 Å². The lowest BCUT2D eigenvalue weighted by Crippen LogP contribution is -2.28. The predicted molar refractivity (Wildman–Crippen MR) is 83.2 cm³/mol. The van der Waals surface area contributed by atoms with Crippen molar-refractivity contribution in [1.29, 1.82) is 0 Å². The minimum absolute atomic E-state index is 0.0115. The highest BCUT2D eigenvalue weighted by atomic mass is 32.1. The highest BCUT2D eigenvalue weighted by Gasteiger charge is 2.34. The number of aromatic nitrogens is 2. The molecule has 1 unspecified atom stereocenters. The predicted octanol–water partition coefficient (Wildman–Crippen LogP) is 1.83. The van der Waals surface area contributed by atoms with E-state index in [1.54, 1.807) is 4.90 Å². The fourth-order valence-corrected chi connectivity index (χ4v) is 3.05. The molecular weight excluding hydrogens is 300 g/mol. The third-order valence-electron chi connectivity index (χ3n) is 3.56. The average Bonchev–Trinajstić information content (AvgIpc) is 3.07. The maximum absolute atomic E-state index is 12.2. The highest BCUT2D eigenvalue weighted by Crippen LogP contribution is 2.22. The zero-order valence-corrected chi connectivity index (χ0v) is 13.0. The van der Waals surface area contributed by atoms with Crippen molar-refractivity contribution in [2.75, 3.05) is 11.9 Å². The van der Waals surface area contributed by atoms with Gasteiger partial charge in [-0.3, -0.25) is 9.59 Å². The van der Waals surface area contributed by atoms with E-state index in [9.17, 15) is 9.59 Å². The van der Waals surface area contributed by atoms with Gasteiger partial charge in [0.2, 0.25) is 16.9 Å². The number of carbonyl (C=O) groups excluding carboxylic acids is 2. The van der Waals surface area contributed by atoms with E-state index in [2.05, 4.69) is 15.5 Å². The number of likely N-dealkylation sites (tertiary alicyclic amines) is 1. The van der Waals surface area contributed by atoms with Gasteiger partial charge in [0.25, 0.3) is 0 Å². The van der Waals surface area contributed by atoms with Crippen LogP contribution in [0.2, 0.25) is 0 Å². The summed E-state index contributed by atoms with van der Waals surface area (Å²) in [5, 5.41) is 11.7. The van der Waals surface area contributed by atoms with Crippen molar-refractivity contribution in [2.24, 2.45) is 5.92 Å². The molecule has 1 aromatic heterocycles. The lowest BCUT2D eigenvalue weighted by atomic mass is 10.1. The smallest absolute Gasteiger partial charge is 0.231 e. The molecule has 1 N–H and O–H groups in total. The molecule has 0 aliphatic carbocycles. The standard InChI is InChI=1S/C15H16N4O2S/c1-10-17-18-15(22-10)16-14(21)12-7-13(20)19(9-12)8-11-5-3-2-4-6-11/h2-6,12H,7-9H2,1H3,(H,16,18,21). The third-order valence-corrected chi connectivity index (χ3v) is 4.31. The Hall–Kier alpha value is -2.28. The van der Waals surface area contributed by atoms with Crippen molar-refractivity contribution in [3.63, 3.8) is 0 Å². The molecular formula is C15H16N4O2S. The minimum atomic E-state index is -0.333. The van der Waals surface area contributed by atoms with Gasteiger partial charge in [0.15, 0.2) is 0 Å².